The van der Waals surface area contributed by atoms with Gasteiger partial charge in [-0.2, -0.15) is 0 Å². The first-order valence-electron chi connectivity index (χ1n) is 13.6. The average molecular weight is 565 g/mol. The summed E-state index contributed by atoms with van der Waals surface area (Å²) < 4.78 is 0.977. The number of piperazine rings is 1. The Morgan fingerprint density at radius 2 is 1.70 bits per heavy atom. The molecule has 2 atom stereocenters. The van der Waals surface area contributed by atoms with Crippen molar-refractivity contribution in [2.45, 2.75) is 33.1 Å². The van der Waals surface area contributed by atoms with Gasteiger partial charge in [0.15, 0.2) is 0 Å². The van der Waals surface area contributed by atoms with E-state index < -0.39 is 0 Å². The van der Waals surface area contributed by atoms with Gasteiger partial charge in [-0.15, -0.1) is 0 Å². The predicted molar refractivity (Wildman–Crippen MR) is 151 cm³/mol. The molecule has 0 radical (unpaired) electrons. The van der Waals surface area contributed by atoms with Gasteiger partial charge in [-0.05, 0) is 59.9 Å². The number of amides is 2. The number of hydrogen-bond acceptors (Lipinski definition) is 3. The Morgan fingerprint density at radius 3 is 2.35 bits per heavy atom. The Labute approximate surface area is 229 Å². The molecule has 3 aliphatic carbocycles. The van der Waals surface area contributed by atoms with Crippen LogP contribution in [0.25, 0.3) is 0 Å². The van der Waals surface area contributed by atoms with Crippen molar-refractivity contribution in [2.24, 2.45) is 17.3 Å². The van der Waals surface area contributed by atoms with Crippen molar-refractivity contribution in [3.05, 3.63) is 81.8 Å². The fourth-order valence-electron chi connectivity index (χ4n) is 6.26. The monoisotopic (exact) mass is 563 g/mol. The average Bonchev–Trinajstić information content (AvgIpc) is 2.92. The van der Waals surface area contributed by atoms with Gasteiger partial charge < -0.3 is 9.80 Å². The van der Waals surface area contributed by atoms with Crippen LogP contribution in [0.4, 0.5) is 0 Å². The number of fused-ring (bicyclic) bond motifs is 1. The summed E-state index contributed by atoms with van der Waals surface area (Å²) >= 11 is 3.43. The summed E-state index contributed by atoms with van der Waals surface area (Å²) in [5.41, 5.74) is 3.62. The molecular weight excluding hydrogens is 526 g/mol. The van der Waals surface area contributed by atoms with E-state index in [1.165, 1.54) is 12.0 Å². The van der Waals surface area contributed by atoms with E-state index in [1.54, 1.807) is 0 Å². The molecule has 2 amide bonds. The first-order valence-corrected chi connectivity index (χ1v) is 14.4. The summed E-state index contributed by atoms with van der Waals surface area (Å²) in [6.45, 7) is 10.2. The highest BCUT2D eigenvalue weighted by atomic mass is 79.9. The molecule has 2 aromatic carbocycles. The molecule has 1 saturated carbocycles. The normalized spacial score (nSPS) is 22.7. The highest BCUT2D eigenvalue weighted by molar-refractivity contribution is 9.10. The number of nitrogens with zero attached hydrogens (tertiary/aromatic N) is 3. The summed E-state index contributed by atoms with van der Waals surface area (Å²) in [5.74, 6) is 1.70. The third-order valence-electron chi connectivity index (χ3n) is 8.94. The van der Waals surface area contributed by atoms with E-state index in [0.717, 1.165) is 73.8 Å². The molecule has 2 aromatic rings. The van der Waals surface area contributed by atoms with Crippen LogP contribution in [0, 0.1) is 17.3 Å². The fraction of sp³-hybridized carbons (Fsp3) is 0.484. The second kappa shape index (κ2) is 11.1. The maximum atomic E-state index is 13.5. The van der Waals surface area contributed by atoms with E-state index in [4.69, 9.17) is 0 Å². The fourth-order valence-corrected chi connectivity index (χ4v) is 6.53. The summed E-state index contributed by atoms with van der Waals surface area (Å²) in [6.07, 6.45) is 5.28. The summed E-state index contributed by atoms with van der Waals surface area (Å²) in [5, 5.41) is 0. The van der Waals surface area contributed by atoms with Gasteiger partial charge in [0, 0.05) is 55.8 Å². The molecule has 1 heterocycles. The molecule has 1 aliphatic heterocycles. The van der Waals surface area contributed by atoms with Crippen LogP contribution in [-0.4, -0.2) is 72.3 Å². The topological polar surface area (TPSA) is 43.9 Å². The van der Waals surface area contributed by atoms with Gasteiger partial charge in [-0.25, -0.2) is 0 Å². The first kappa shape index (κ1) is 26.2. The highest BCUT2D eigenvalue weighted by Crippen LogP contribution is 2.59. The Bertz CT molecular complexity index is 1140. The van der Waals surface area contributed by atoms with E-state index in [2.05, 4.69) is 45.7 Å². The van der Waals surface area contributed by atoms with Crippen molar-refractivity contribution < 1.29 is 9.59 Å². The molecule has 0 N–H and O–H groups in total. The minimum Gasteiger partial charge on any atom is -0.337 e. The van der Waals surface area contributed by atoms with Crippen molar-refractivity contribution in [3.63, 3.8) is 0 Å². The van der Waals surface area contributed by atoms with E-state index in [0.29, 0.717) is 17.8 Å². The number of rotatable bonds is 8. The van der Waals surface area contributed by atoms with Gasteiger partial charge in [0.25, 0.3) is 5.91 Å². The lowest BCUT2D eigenvalue weighted by molar-refractivity contribution is -0.130. The molecule has 2 bridgehead atoms. The van der Waals surface area contributed by atoms with E-state index in [1.807, 2.05) is 59.5 Å². The van der Waals surface area contributed by atoms with Crippen LogP contribution < -0.4 is 0 Å². The lowest BCUT2D eigenvalue weighted by Gasteiger charge is -2.57. The van der Waals surface area contributed by atoms with Crippen LogP contribution in [0.15, 0.2) is 70.7 Å². The summed E-state index contributed by atoms with van der Waals surface area (Å²) in [6, 6.07) is 17.7. The van der Waals surface area contributed by atoms with Crippen LogP contribution in [-0.2, 0) is 11.2 Å². The van der Waals surface area contributed by atoms with Gasteiger partial charge in [0.1, 0.15) is 0 Å². The third-order valence-corrected chi connectivity index (χ3v) is 9.47. The van der Waals surface area contributed by atoms with Gasteiger partial charge in [-0.3, -0.25) is 14.5 Å². The Hall–Kier alpha value is -2.44. The molecule has 0 spiro atoms. The van der Waals surface area contributed by atoms with Crippen LogP contribution in [0.5, 0.6) is 0 Å². The molecule has 1 saturated heterocycles. The van der Waals surface area contributed by atoms with Crippen molar-refractivity contribution in [2.75, 3.05) is 45.8 Å². The SMILES string of the molecule is CC1(C)C2CC=C(CN(CCN3CCN(C(=O)c4ccc(Br)cc4)CC3)C(=O)Cc3ccccc3)C1C2. The predicted octanol–water partition coefficient (Wildman–Crippen LogP) is 5.27. The van der Waals surface area contributed by atoms with E-state index in [-0.39, 0.29) is 11.8 Å². The largest absolute Gasteiger partial charge is 0.337 e. The van der Waals surface area contributed by atoms with Gasteiger partial charge >= 0.3 is 0 Å². The van der Waals surface area contributed by atoms with Crippen molar-refractivity contribution in [1.29, 1.82) is 0 Å². The van der Waals surface area contributed by atoms with Gasteiger partial charge in [0.2, 0.25) is 5.91 Å². The zero-order valence-electron chi connectivity index (χ0n) is 22.0. The smallest absolute Gasteiger partial charge is 0.253 e. The Kier molecular flexibility index (Phi) is 7.87. The summed E-state index contributed by atoms with van der Waals surface area (Å²) in [7, 11) is 0. The minimum absolute atomic E-state index is 0.0949. The Balaban J connectivity index is 1.19. The molecule has 6 heteroatoms. The third kappa shape index (κ3) is 5.85. The van der Waals surface area contributed by atoms with Crippen LogP contribution >= 0.6 is 15.9 Å². The molecular formula is C31H38BrN3O2. The maximum Gasteiger partial charge on any atom is 0.253 e. The number of allylic oxidation sites excluding steroid dienone is 1. The molecule has 5 nitrogen and oxygen atoms in total. The molecule has 37 heavy (non-hydrogen) atoms. The van der Waals surface area contributed by atoms with Crippen LogP contribution in [0.2, 0.25) is 0 Å². The van der Waals surface area contributed by atoms with Gasteiger partial charge in [-0.1, -0.05) is 71.8 Å². The molecule has 6 rings (SSSR count). The number of carbonyl (C=O) groups is 2. The van der Waals surface area contributed by atoms with Crippen molar-refractivity contribution in [1.82, 2.24) is 14.7 Å². The zero-order valence-corrected chi connectivity index (χ0v) is 23.6. The second-order valence-corrected chi connectivity index (χ2v) is 12.4. The van der Waals surface area contributed by atoms with E-state index in [9.17, 15) is 9.59 Å². The molecule has 4 aliphatic rings. The standard InChI is InChI=1S/C31H38BrN3O2/c1-31(2)26-11-8-25(28(31)21-26)22-35(29(36)20-23-6-4-3-5-7-23)19-16-33-14-17-34(18-15-33)30(37)24-9-12-27(32)13-10-24/h3-10,12-13,26,28H,11,14-22H2,1-2H3. The van der Waals surface area contributed by atoms with Crippen LogP contribution in [0.1, 0.15) is 42.6 Å². The molecule has 2 unspecified atom stereocenters. The molecule has 0 aromatic heterocycles. The molecule has 2 fully saturated rings. The quantitative estimate of drug-likeness (QED) is 0.411. The maximum absolute atomic E-state index is 13.5. The summed E-state index contributed by atoms with van der Waals surface area (Å²) in [4.78, 5) is 32.8. The molecule has 196 valence electrons. The second-order valence-electron chi connectivity index (χ2n) is 11.4. The number of carbonyl (C=O) groups excluding carboxylic acids is 2. The lowest BCUT2D eigenvalue weighted by atomic mass is 9.49. The van der Waals surface area contributed by atoms with Crippen molar-refractivity contribution >= 4 is 27.7 Å². The Morgan fingerprint density at radius 1 is 1.00 bits per heavy atom. The lowest BCUT2D eigenvalue weighted by Crippen LogP contribution is -2.52. The number of hydrogen-bond donors (Lipinski definition) is 0. The zero-order chi connectivity index (χ0) is 26.0. The van der Waals surface area contributed by atoms with Gasteiger partial charge in [0.05, 0.1) is 6.42 Å². The van der Waals surface area contributed by atoms with E-state index >= 15 is 0 Å². The number of benzene rings is 2. The van der Waals surface area contributed by atoms with Crippen molar-refractivity contribution in [3.8, 4) is 0 Å². The minimum atomic E-state index is 0.0949. The first-order chi connectivity index (χ1) is 17.8. The highest BCUT2D eigenvalue weighted by Gasteiger charge is 2.51. The van der Waals surface area contributed by atoms with Crippen LogP contribution in [0.3, 0.4) is 0 Å². The number of halogens is 1.